The van der Waals surface area contributed by atoms with Crippen LogP contribution in [0, 0.1) is 10.1 Å². The maximum atomic E-state index is 12.3. The van der Waals surface area contributed by atoms with Crippen molar-refractivity contribution < 1.29 is 19.2 Å². The van der Waals surface area contributed by atoms with E-state index in [9.17, 15) is 19.7 Å². The van der Waals surface area contributed by atoms with Crippen LogP contribution in [0.5, 0.6) is 0 Å². The number of anilines is 1. The van der Waals surface area contributed by atoms with Gasteiger partial charge in [-0.2, -0.15) is 0 Å². The normalized spacial score (nSPS) is 10.6. The molecule has 0 fully saturated rings. The smallest absolute Gasteiger partial charge is 0.338 e. The number of aromatic nitrogens is 3. The van der Waals surface area contributed by atoms with E-state index < -0.39 is 10.9 Å². The molecule has 0 aliphatic heterocycles. The van der Waals surface area contributed by atoms with Crippen LogP contribution in [0.1, 0.15) is 24.2 Å². The highest BCUT2D eigenvalue weighted by molar-refractivity contribution is 7.99. The second-order valence-corrected chi connectivity index (χ2v) is 7.44. The third-order valence-electron chi connectivity index (χ3n) is 4.36. The molecule has 0 unspecified atom stereocenters. The summed E-state index contributed by atoms with van der Waals surface area (Å²) in [4.78, 5) is 34.6. The molecule has 0 atom stereocenters. The average Bonchev–Trinajstić information content (AvgIpc) is 3.21. The predicted molar refractivity (Wildman–Crippen MR) is 120 cm³/mol. The third-order valence-corrected chi connectivity index (χ3v) is 5.33. The van der Waals surface area contributed by atoms with Crippen LogP contribution in [0.4, 0.5) is 11.4 Å². The number of rotatable bonds is 9. The van der Waals surface area contributed by atoms with Crippen molar-refractivity contribution in [3.05, 3.63) is 64.2 Å². The van der Waals surface area contributed by atoms with E-state index in [1.807, 2.05) is 6.92 Å². The molecule has 1 amide bonds. The fourth-order valence-corrected chi connectivity index (χ4v) is 3.69. The van der Waals surface area contributed by atoms with Crippen LogP contribution < -0.4 is 5.32 Å². The van der Waals surface area contributed by atoms with Gasteiger partial charge in [-0.3, -0.25) is 14.9 Å². The largest absolute Gasteiger partial charge is 0.462 e. The molecule has 2 aromatic carbocycles. The second kappa shape index (κ2) is 10.5. The van der Waals surface area contributed by atoms with Crippen molar-refractivity contribution in [2.75, 3.05) is 17.7 Å². The van der Waals surface area contributed by atoms with Crippen LogP contribution in [-0.4, -0.2) is 43.9 Å². The number of thioether (sulfide) groups is 1. The summed E-state index contributed by atoms with van der Waals surface area (Å²) in [6.07, 6.45) is 0. The summed E-state index contributed by atoms with van der Waals surface area (Å²) in [5, 5.41) is 22.6. The summed E-state index contributed by atoms with van der Waals surface area (Å²) in [7, 11) is 0. The number of nitrogens with one attached hydrogen (secondary N) is 1. The quantitative estimate of drug-likeness (QED) is 0.223. The summed E-state index contributed by atoms with van der Waals surface area (Å²) >= 11 is 1.21. The number of hydrogen-bond donors (Lipinski definition) is 1. The van der Waals surface area contributed by atoms with Gasteiger partial charge in [0.05, 0.1) is 22.8 Å². The van der Waals surface area contributed by atoms with Crippen molar-refractivity contribution in [3.8, 4) is 11.4 Å². The van der Waals surface area contributed by atoms with Crippen molar-refractivity contribution in [1.82, 2.24) is 14.8 Å². The molecule has 1 heterocycles. The first kappa shape index (κ1) is 22.9. The van der Waals surface area contributed by atoms with Gasteiger partial charge < -0.3 is 14.6 Å². The Balaban J connectivity index is 1.64. The van der Waals surface area contributed by atoms with Gasteiger partial charge in [-0.1, -0.05) is 23.9 Å². The van der Waals surface area contributed by atoms with Gasteiger partial charge in [0, 0.05) is 29.9 Å². The van der Waals surface area contributed by atoms with E-state index in [1.54, 1.807) is 47.9 Å². The minimum absolute atomic E-state index is 0.0318. The van der Waals surface area contributed by atoms with Crippen LogP contribution in [0.3, 0.4) is 0 Å². The van der Waals surface area contributed by atoms with E-state index in [0.29, 0.717) is 40.9 Å². The molecule has 32 heavy (non-hydrogen) atoms. The number of amides is 1. The maximum absolute atomic E-state index is 12.3. The number of hydrogen-bond acceptors (Lipinski definition) is 8. The Bertz CT molecular complexity index is 1130. The summed E-state index contributed by atoms with van der Waals surface area (Å²) < 4.78 is 6.73. The van der Waals surface area contributed by atoms with Gasteiger partial charge in [-0.15, -0.1) is 10.2 Å². The van der Waals surface area contributed by atoms with Gasteiger partial charge in [0.2, 0.25) is 5.91 Å². The Labute approximate surface area is 188 Å². The average molecular weight is 455 g/mol. The maximum Gasteiger partial charge on any atom is 0.338 e. The molecule has 1 aromatic heterocycles. The van der Waals surface area contributed by atoms with Crippen LogP contribution in [0.2, 0.25) is 0 Å². The monoisotopic (exact) mass is 455 g/mol. The highest BCUT2D eigenvalue weighted by Crippen LogP contribution is 2.26. The Morgan fingerprint density at radius 3 is 2.56 bits per heavy atom. The lowest BCUT2D eigenvalue weighted by Gasteiger charge is -2.08. The number of esters is 1. The minimum atomic E-state index is -0.463. The molecule has 0 bridgehead atoms. The first-order valence-corrected chi connectivity index (χ1v) is 10.8. The van der Waals surface area contributed by atoms with Gasteiger partial charge in [-0.25, -0.2) is 4.79 Å². The Morgan fingerprint density at radius 1 is 1.16 bits per heavy atom. The number of non-ortho nitro benzene ring substituents is 1. The van der Waals surface area contributed by atoms with Gasteiger partial charge in [-0.05, 0) is 38.1 Å². The van der Waals surface area contributed by atoms with Crippen LogP contribution in [0.15, 0.2) is 53.7 Å². The van der Waals surface area contributed by atoms with Crippen LogP contribution >= 0.6 is 11.8 Å². The highest BCUT2D eigenvalue weighted by Gasteiger charge is 2.17. The van der Waals surface area contributed by atoms with Gasteiger partial charge in [0.1, 0.15) is 0 Å². The zero-order valence-corrected chi connectivity index (χ0v) is 18.3. The molecule has 3 rings (SSSR count). The second-order valence-electron chi connectivity index (χ2n) is 6.49. The molecular formula is C21H21N5O5S. The number of ether oxygens (including phenoxy) is 1. The number of nitro groups is 1. The Kier molecular flexibility index (Phi) is 7.55. The molecular weight excluding hydrogens is 434 g/mol. The molecule has 0 aliphatic carbocycles. The summed E-state index contributed by atoms with van der Waals surface area (Å²) in [6.45, 7) is 4.46. The number of benzene rings is 2. The molecule has 3 aromatic rings. The van der Waals surface area contributed by atoms with E-state index >= 15 is 0 Å². The van der Waals surface area contributed by atoms with Crippen molar-refractivity contribution in [2.45, 2.75) is 25.5 Å². The van der Waals surface area contributed by atoms with Crippen LogP contribution in [0.25, 0.3) is 11.4 Å². The summed E-state index contributed by atoms with van der Waals surface area (Å²) in [5.74, 6) is -0.0818. The van der Waals surface area contributed by atoms with Crippen molar-refractivity contribution in [3.63, 3.8) is 0 Å². The fraction of sp³-hybridized carbons (Fsp3) is 0.238. The van der Waals surface area contributed by atoms with Crippen molar-refractivity contribution >= 4 is 35.0 Å². The van der Waals surface area contributed by atoms with Gasteiger partial charge in [0.25, 0.3) is 5.69 Å². The van der Waals surface area contributed by atoms with Gasteiger partial charge >= 0.3 is 5.97 Å². The zero-order chi connectivity index (χ0) is 23.1. The summed E-state index contributed by atoms with van der Waals surface area (Å²) in [5.41, 5.74) is 1.50. The number of nitrogens with zero attached hydrogens (tertiary/aromatic N) is 4. The van der Waals surface area contributed by atoms with Gasteiger partial charge in [0.15, 0.2) is 11.0 Å². The van der Waals surface area contributed by atoms with Crippen molar-refractivity contribution in [1.29, 1.82) is 0 Å². The number of carbonyl (C=O) groups excluding carboxylic acids is 2. The molecule has 166 valence electrons. The first-order valence-electron chi connectivity index (χ1n) is 9.80. The predicted octanol–water partition coefficient (Wildman–Crippen LogP) is 3.78. The molecule has 10 nitrogen and oxygen atoms in total. The van der Waals surface area contributed by atoms with Crippen molar-refractivity contribution in [2.24, 2.45) is 0 Å². The van der Waals surface area contributed by atoms with E-state index in [-0.39, 0.29) is 17.3 Å². The molecule has 1 N–H and O–H groups in total. The molecule has 0 saturated carbocycles. The minimum Gasteiger partial charge on any atom is -0.462 e. The standard InChI is InChI=1S/C21H21N5O5S/c1-3-25-19(15-6-5-7-17(12-15)26(29)30)23-24-21(25)32-13-18(27)22-16-10-8-14(9-11-16)20(28)31-4-2/h5-12H,3-4,13H2,1-2H3,(H,22,27). The molecule has 0 radical (unpaired) electrons. The number of nitro benzene ring substituents is 1. The zero-order valence-electron chi connectivity index (χ0n) is 17.5. The van der Waals surface area contributed by atoms with E-state index in [0.717, 1.165) is 0 Å². The van der Waals surface area contributed by atoms with E-state index in [4.69, 9.17) is 4.74 Å². The topological polar surface area (TPSA) is 129 Å². The Hall–Kier alpha value is -3.73. The first-order chi connectivity index (χ1) is 15.4. The molecule has 0 aliphatic rings. The molecule has 0 saturated heterocycles. The Morgan fingerprint density at radius 2 is 1.91 bits per heavy atom. The SMILES string of the molecule is CCOC(=O)c1ccc(NC(=O)CSc2nnc(-c3cccc([N+](=O)[O-])c3)n2CC)cc1. The third kappa shape index (κ3) is 5.49. The molecule has 0 spiro atoms. The lowest BCUT2D eigenvalue weighted by Crippen LogP contribution is -2.15. The van der Waals surface area contributed by atoms with Crippen LogP contribution in [-0.2, 0) is 16.1 Å². The lowest BCUT2D eigenvalue weighted by molar-refractivity contribution is -0.384. The molecule has 11 heteroatoms. The highest BCUT2D eigenvalue weighted by atomic mass is 32.2. The number of carbonyl (C=O) groups is 2. The summed E-state index contributed by atoms with van der Waals surface area (Å²) in [6, 6.07) is 12.6. The lowest BCUT2D eigenvalue weighted by atomic mass is 10.2. The fourth-order valence-electron chi connectivity index (χ4n) is 2.88. The van der Waals surface area contributed by atoms with E-state index in [2.05, 4.69) is 15.5 Å². The van der Waals surface area contributed by atoms with E-state index in [1.165, 1.54) is 23.9 Å².